The molecule has 2 rings (SSSR count). The van der Waals surface area contributed by atoms with Gasteiger partial charge in [0.1, 0.15) is 5.82 Å². The molecule has 5 nitrogen and oxygen atoms in total. The molecule has 1 aromatic heterocycles. The lowest BCUT2D eigenvalue weighted by atomic mass is 10.1. The molecule has 0 fully saturated rings. The van der Waals surface area contributed by atoms with E-state index in [-0.39, 0.29) is 28.6 Å². The van der Waals surface area contributed by atoms with Gasteiger partial charge in [0.15, 0.2) is 5.16 Å². The average molecular weight is 434 g/mol. The van der Waals surface area contributed by atoms with E-state index in [1.54, 1.807) is 26.1 Å². The molecule has 2 unspecified atom stereocenters. The van der Waals surface area contributed by atoms with Crippen LogP contribution in [0.1, 0.15) is 57.4 Å². The third kappa shape index (κ3) is 6.17. The minimum atomic E-state index is -0.309. The van der Waals surface area contributed by atoms with Crippen molar-refractivity contribution in [2.75, 3.05) is 0 Å². The second-order valence-electron chi connectivity index (χ2n) is 8.06. The molecule has 2 atom stereocenters. The maximum atomic E-state index is 13.2. The Kier molecular flexibility index (Phi) is 8.65. The van der Waals surface area contributed by atoms with Crippen molar-refractivity contribution in [3.05, 3.63) is 57.3 Å². The SMILES string of the molecule is CCCC(Sc1nc(C)c(Cc2ccc(F)cc2)c(=O)n1C)C(=O)NC(C)C(C)C. The number of carbonyl (C=O) groups is 1. The van der Waals surface area contributed by atoms with Gasteiger partial charge in [-0.15, -0.1) is 0 Å². The Morgan fingerprint density at radius 2 is 1.87 bits per heavy atom. The van der Waals surface area contributed by atoms with E-state index in [9.17, 15) is 14.0 Å². The molecule has 0 aliphatic rings. The molecular weight excluding hydrogens is 401 g/mol. The summed E-state index contributed by atoms with van der Waals surface area (Å²) in [6.45, 7) is 9.98. The van der Waals surface area contributed by atoms with E-state index < -0.39 is 0 Å². The Hall–Kier alpha value is -2.15. The zero-order chi connectivity index (χ0) is 22.4. The number of halogens is 1. The first-order valence-electron chi connectivity index (χ1n) is 10.4. The van der Waals surface area contributed by atoms with Crippen molar-refractivity contribution in [3.8, 4) is 0 Å². The fraction of sp³-hybridized carbons (Fsp3) is 0.522. The van der Waals surface area contributed by atoms with Crippen LogP contribution in [-0.2, 0) is 18.3 Å². The number of rotatable bonds is 9. The van der Waals surface area contributed by atoms with E-state index in [4.69, 9.17) is 0 Å². The van der Waals surface area contributed by atoms with Gasteiger partial charge in [-0.2, -0.15) is 0 Å². The van der Waals surface area contributed by atoms with Gasteiger partial charge >= 0.3 is 0 Å². The van der Waals surface area contributed by atoms with E-state index in [2.05, 4.69) is 24.1 Å². The van der Waals surface area contributed by atoms with Crippen LogP contribution in [0.15, 0.2) is 34.2 Å². The summed E-state index contributed by atoms with van der Waals surface area (Å²) in [5.74, 6) is 0.0160. The fourth-order valence-corrected chi connectivity index (χ4v) is 4.18. The van der Waals surface area contributed by atoms with Crippen LogP contribution in [0.2, 0.25) is 0 Å². The van der Waals surface area contributed by atoms with Crippen molar-refractivity contribution in [2.45, 2.75) is 70.3 Å². The lowest BCUT2D eigenvalue weighted by molar-refractivity contribution is -0.121. The van der Waals surface area contributed by atoms with Crippen molar-refractivity contribution < 1.29 is 9.18 Å². The number of amides is 1. The molecule has 30 heavy (non-hydrogen) atoms. The van der Waals surface area contributed by atoms with E-state index in [1.807, 2.05) is 13.8 Å². The van der Waals surface area contributed by atoms with Crippen LogP contribution in [0.5, 0.6) is 0 Å². The van der Waals surface area contributed by atoms with Gasteiger partial charge in [-0.1, -0.05) is 51.1 Å². The van der Waals surface area contributed by atoms with Gasteiger partial charge in [-0.05, 0) is 43.9 Å². The molecule has 164 valence electrons. The minimum Gasteiger partial charge on any atom is -0.352 e. The molecule has 2 aromatic rings. The molecule has 0 aliphatic carbocycles. The standard InChI is InChI=1S/C23H32FN3O2S/c1-7-8-20(21(28)25-15(4)14(2)3)30-23-26-16(5)19(22(29)27(23)6)13-17-9-11-18(24)12-10-17/h9-12,14-15,20H,7-8,13H2,1-6H3,(H,25,28). The van der Waals surface area contributed by atoms with Crippen molar-refractivity contribution in [2.24, 2.45) is 13.0 Å². The number of thioether (sulfide) groups is 1. The zero-order valence-corrected chi connectivity index (χ0v) is 19.5. The summed E-state index contributed by atoms with van der Waals surface area (Å²) < 4.78 is 14.7. The second-order valence-corrected chi connectivity index (χ2v) is 9.23. The molecule has 0 saturated carbocycles. The summed E-state index contributed by atoms with van der Waals surface area (Å²) >= 11 is 1.34. The van der Waals surface area contributed by atoms with Crippen molar-refractivity contribution in [1.29, 1.82) is 0 Å². The maximum absolute atomic E-state index is 13.2. The number of carbonyl (C=O) groups excluding carboxylic acids is 1. The number of aromatic nitrogens is 2. The Balaban J connectivity index is 2.27. The van der Waals surface area contributed by atoms with Gasteiger partial charge < -0.3 is 5.32 Å². The van der Waals surface area contributed by atoms with Crippen LogP contribution in [0.4, 0.5) is 4.39 Å². The summed E-state index contributed by atoms with van der Waals surface area (Å²) in [5.41, 5.74) is 1.93. The summed E-state index contributed by atoms with van der Waals surface area (Å²) in [6.07, 6.45) is 1.95. The highest BCUT2D eigenvalue weighted by Crippen LogP contribution is 2.25. The van der Waals surface area contributed by atoms with Gasteiger partial charge in [0.2, 0.25) is 5.91 Å². The highest BCUT2D eigenvalue weighted by molar-refractivity contribution is 8.00. The van der Waals surface area contributed by atoms with Crippen molar-refractivity contribution in [3.63, 3.8) is 0 Å². The number of aryl methyl sites for hydroxylation is 1. The molecule has 1 N–H and O–H groups in total. The fourth-order valence-electron chi connectivity index (χ4n) is 2.96. The molecule has 1 heterocycles. The molecule has 1 amide bonds. The Bertz CT molecular complexity index is 925. The van der Waals surface area contributed by atoms with Gasteiger partial charge in [0.05, 0.1) is 5.25 Å². The number of hydrogen-bond donors (Lipinski definition) is 1. The van der Waals surface area contributed by atoms with Crippen molar-refractivity contribution in [1.82, 2.24) is 14.9 Å². The number of nitrogens with zero attached hydrogens (tertiary/aromatic N) is 2. The zero-order valence-electron chi connectivity index (χ0n) is 18.7. The van der Waals surface area contributed by atoms with Crippen LogP contribution in [0.25, 0.3) is 0 Å². The lowest BCUT2D eigenvalue weighted by Gasteiger charge is -2.22. The first-order valence-corrected chi connectivity index (χ1v) is 11.3. The Morgan fingerprint density at radius 3 is 2.43 bits per heavy atom. The summed E-state index contributed by atoms with van der Waals surface area (Å²) in [4.78, 5) is 30.4. The predicted molar refractivity (Wildman–Crippen MR) is 120 cm³/mol. The smallest absolute Gasteiger partial charge is 0.257 e. The molecule has 0 spiro atoms. The largest absolute Gasteiger partial charge is 0.352 e. The van der Waals surface area contributed by atoms with Crippen LogP contribution in [-0.4, -0.2) is 26.8 Å². The third-order valence-electron chi connectivity index (χ3n) is 5.30. The number of nitrogens with one attached hydrogen (secondary N) is 1. The summed E-state index contributed by atoms with van der Waals surface area (Å²) in [5, 5.41) is 3.30. The number of hydrogen-bond acceptors (Lipinski definition) is 4. The van der Waals surface area contributed by atoms with Gasteiger partial charge in [-0.25, -0.2) is 9.37 Å². The summed E-state index contributed by atoms with van der Waals surface area (Å²) in [6, 6.07) is 6.20. The second kappa shape index (κ2) is 10.8. The molecule has 7 heteroatoms. The Morgan fingerprint density at radius 1 is 1.23 bits per heavy atom. The van der Waals surface area contributed by atoms with Gasteiger partial charge in [-0.3, -0.25) is 14.2 Å². The molecule has 0 bridgehead atoms. The summed E-state index contributed by atoms with van der Waals surface area (Å²) in [7, 11) is 1.68. The van der Waals surface area contributed by atoms with Crippen LogP contribution < -0.4 is 10.9 Å². The van der Waals surface area contributed by atoms with Crippen LogP contribution in [0, 0.1) is 18.7 Å². The van der Waals surface area contributed by atoms with E-state index in [0.29, 0.717) is 35.2 Å². The highest BCUT2D eigenvalue weighted by Gasteiger charge is 2.24. The quantitative estimate of drug-likeness (QED) is 0.475. The molecule has 1 aromatic carbocycles. The van der Waals surface area contributed by atoms with Crippen molar-refractivity contribution >= 4 is 17.7 Å². The van der Waals surface area contributed by atoms with Gasteiger partial charge in [0, 0.05) is 30.8 Å². The molecular formula is C23H32FN3O2S. The lowest BCUT2D eigenvalue weighted by Crippen LogP contribution is -2.41. The predicted octanol–water partition coefficient (Wildman–Crippen LogP) is 4.24. The normalized spacial score (nSPS) is 13.3. The number of benzene rings is 1. The van der Waals surface area contributed by atoms with E-state index >= 15 is 0 Å². The minimum absolute atomic E-state index is 0.0228. The molecule has 0 radical (unpaired) electrons. The average Bonchev–Trinajstić information content (AvgIpc) is 2.69. The highest BCUT2D eigenvalue weighted by atomic mass is 32.2. The first kappa shape index (κ1) is 24.1. The monoisotopic (exact) mass is 433 g/mol. The Labute approximate surface area is 182 Å². The van der Waals surface area contributed by atoms with Crippen LogP contribution >= 0.6 is 11.8 Å². The van der Waals surface area contributed by atoms with E-state index in [0.717, 1.165) is 12.0 Å². The third-order valence-corrected chi connectivity index (χ3v) is 6.62. The van der Waals surface area contributed by atoms with Crippen LogP contribution in [0.3, 0.4) is 0 Å². The topological polar surface area (TPSA) is 64.0 Å². The maximum Gasteiger partial charge on any atom is 0.257 e. The van der Waals surface area contributed by atoms with Gasteiger partial charge in [0.25, 0.3) is 5.56 Å². The molecule has 0 aliphatic heterocycles. The molecule has 0 saturated heterocycles. The van der Waals surface area contributed by atoms with E-state index in [1.165, 1.54) is 28.5 Å². The first-order chi connectivity index (χ1) is 14.1.